The van der Waals surface area contributed by atoms with E-state index in [1.54, 1.807) is 0 Å². The maximum atomic E-state index is 5.89. The van der Waals surface area contributed by atoms with E-state index < -0.39 is 0 Å². The van der Waals surface area contributed by atoms with Crippen molar-refractivity contribution in [2.75, 3.05) is 20.3 Å². The van der Waals surface area contributed by atoms with Crippen LogP contribution in [-0.2, 0) is 10.3 Å². The van der Waals surface area contributed by atoms with E-state index in [4.69, 9.17) is 4.74 Å². The van der Waals surface area contributed by atoms with E-state index in [2.05, 4.69) is 43.1 Å². The molecule has 1 aliphatic heterocycles. The van der Waals surface area contributed by atoms with Crippen LogP contribution in [0.5, 0.6) is 0 Å². The Bertz CT molecular complexity index is 288. The van der Waals surface area contributed by atoms with E-state index in [1.165, 1.54) is 5.56 Å². The lowest BCUT2D eigenvalue weighted by atomic mass is 9.91. The van der Waals surface area contributed by atoms with Gasteiger partial charge in [-0.25, -0.2) is 0 Å². The van der Waals surface area contributed by atoms with Crippen LogP contribution in [0.25, 0.3) is 0 Å². The molecule has 1 aliphatic rings. The Morgan fingerprint density at radius 1 is 1.29 bits per heavy atom. The van der Waals surface area contributed by atoms with Gasteiger partial charge in [0.15, 0.2) is 0 Å². The number of benzene rings is 1. The van der Waals surface area contributed by atoms with Crippen LogP contribution in [-0.4, -0.2) is 25.2 Å². The number of rotatable bonds is 1. The molecule has 2 nitrogen and oxygen atoms in total. The molecule has 14 heavy (non-hydrogen) atoms. The van der Waals surface area contributed by atoms with Crippen LogP contribution in [0, 0.1) is 0 Å². The molecule has 2 heteroatoms. The molecule has 0 bridgehead atoms. The Hall–Kier alpha value is -0.860. The second-order valence-electron chi connectivity index (χ2n) is 4.20. The van der Waals surface area contributed by atoms with Crippen molar-refractivity contribution in [3.8, 4) is 0 Å². The van der Waals surface area contributed by atoms with Crippen LogP contribution in [0.15, 0.2) is 30.3 Å². The predicted molar refractivity (Wildman–Crippen MR) is 57.0 cm³/mol. The Morgan fingerprint density at radius 2 is 2.00 bits per heavy atom. The Kier molecular flexibility index (Phi) is 2.57. The van der Waals surface area contributed by atoms with Crippen molar-refractivity contribution in [2.45, 2.75) is 18.9 Å². The van der Waals surface area contributed by atoms with Crippen LogP contribution in [0.2, 0.25) is 0 Å². The third-order valence-electron chi connectivity index (χ3n) is 2.96. The first kappa shape index (κ1) is 9.69. The van der Waals surface area contributed by atoms with E-state index in [9.17, 15) is 0 Å². The molecule has 1 aromatic rings. The third-order valence-corrected chi connectivity index (χ3v) is 2.96. The highest BCUT2D eigenvalue weighted by Crippen LogP contribution is 2.31. The van der Waals surface area contributed by atoms with Crippen molar-refractivity contribution in [1.29, 1.82) is 0 Å². The molecule has 1 saturated heterocycles. The van der Waals surface area contributed by atoms with E-state index >= 15 is 0 Å². The number of hydrogen-bond donors (Lipinski definition) is 0. The molecule has 1 aromatic carbocycles. The molecule has 0 saturated carbocycles. The van der Waals surface area contributed by atoms with Crippen molar-refractivity contribution in [2.24, 2.45) is 0 Å². The molecule has 2 rings (SSSR count). The average molecular weight is 191 g/mol. The lowest BCUT2D eigenvalue weighted by Crippen LogP contribution is -2.41. The fourth-order valence-electron chi connectivity index (χ4n) is 1.81. The molecule has 0 N–H and O–H groups in total. The van der Waals surface area contributed by atoms with Crippen LogP contribution in [0.4, 0.5) is 0 Å². The second kappa shape index (κ2) is 3.71. The van der Waals surface area contributed by atoms with Gasteiger partial charge in [0.2, 0.25) is 0 Å². The van der Waals surface area contributed by atoms with Gasteiger partial charge in [0.1, 0.15) is 0 Å². The molecule has 0 amide bonds. The second-order valence-corrected chi connectivity index (χ2v) is 4.20. The summed E-state index contributed by atoms with van der Waals surface area (Å²) < 4.78 is 5.89. The fourth-order valence-corrected chi connectivity index (χ4v) is 1.81. The molecule has 1 fully saturated rings. The van der Waals surface area contributed by atoms with Crippen molar-refractivity contribution in [3.63, 3.8) is 0 Å². The Labute approximate surface area is 85.5 Å². The van der Waals surface area contributed by atoms with Gasteiger partial charge in [-0.2, -0.15) is 0 Å². The van der Waals surface area contributed by atoms with E-state index in [0.29, 0.717) is 0 Å². The first-order valence-electron chi connectivity index (χ1n) is 5.09. The molecule has 0 aromatic heterocycles. The van der Waals surface area contributed by atoms with E-state index in [0.717, 1.165) is 19.7 Å². The first-order chi connectivity index (χ1) is 6.71. The number of ether oxygens (including phenoxy) is 1. The van der Waals surface area contributed by atoms with Gasteiger partial charge in [-0.1, -0.05) is 30.3 Å². The van der Waals surface area contributed by atoms with Crippen LogP contribution < -0.4 is 0 Å². The number of nitrogens with zero attached hydrogens (tertiary/aromatic N) is 1. The standard InChI is InChI=1S/C12H17NO/c1-12(8-9-13(2)10-14-12)11-6-4-3-5-7-11/h3-7H,8-10H2,1-2H3. The fraction of sp³-hybridized carbons (Fsp3) is 0.500. The summed E-state index contributed by atoms with van der Waals surface area (Å²) in [4.78, 5) is 2.20. The Morgan fingerprint density at radius 3 is 2.57 bits per heavy atom. The van der Waals surface area contributed by atoms with Gasteiger partial charge in [-0.3, -0.25) is 4.90 Å². The van der Waals surface area contributed by atoms with Gasteiger partial charge in [0.05, 0.1) is 12.3 Å². The molecular weight excluding hydrogens is 174 g/mol. The highest BCUT2D eigenvalue weighted by atomic mass is 16.5. The number of hydrogen-bond acceptors (Lipinski definition) is 2. The minimum atomic E-state index is -0.0895. The van der Waals surface area contributed by atoms with E-state index in [-0.39, 0.29) is 5.60 Å². The summed E-state index contributed by atoms with van der Waals surface area (Å²) >= 11 is 0. The summed E-state index contributed by atoms with van der Waals surface area (Å²) in [5.74, 6) is 0. The normalized spacial score (nSPS) is 29.0. The topological polar surface area (TPSA) is 12.5 Å². The predicted octanol–water partition coefficient (Wildman–Crippen LogP) is 2.21. The SMILES string of the molecule is CN1CCC(C)(c2ccccc2)OC1. The lowest BCUT2D eigenvalue weighted by Gasteiger charge is -2.38. The van der Waals surface area contributed by atoms with Crippen LogP contribution in [0.1, 0.15) is 18.9 Å². The first-order valence-corrected chi connectivity index (χ1v) is 5.09. The van der Waals surface area contributed by atoms with Crippen molar-refractivity contribution >= 4 is 0 Å². The summed E-state index contributed by atoms with van der Waals surface area (Å²) in [6.07, 6.45) is 1.06. The quantitative estimate of drug-likeness (QED) is 0.675. The largest absolute Gasteiger partial charge is 0.355 e. The van der Waals surface area contributed by atoms with Crippen molar-refractivity contribution in [1.82, 2.24) is 4.90 Å². The minimum absolute atomic E-state index is 0.0895. The maximum Gasteiger partial charge on any atom is 0.0999 e. The van der Waals surface area contributed by atoms with E-state index in [1.807, 2.05) is 6.07 Å². The van der Waals surface area contributed by atoms with Gasteiger partial charge in [-0.15, -0.1) is 0 Å². The zero-order valence-electron chi connectivity index (χ0n) is 8.86. The monoisotopic (exact) mass is 191 g/mol. The summed E-state index contributed by atoms with van der Waals surface area (Å²) in [6.45, 7) is 4.01. The summed E-state index contributed by atoms with van der Waals surface area (Å²) in [5.41, 5.74) is 1.20. The van der Waals surface area contributed by atoms with Gasteiger partial charge in [0.25, 0.3) is 0 Å². The zero-order valence-corrected chi connectivity index (χ0v) is 8.86. The molecule has 0 spiro atoms. The highest BCUT2D eigenvalue weighted by molar-refractivity contribution is 5.22. The van der Waals surface area contributed by atoms with Crippen molar-refractivity contribution < 1.29 is 4.74 Å². The summed E-state index contributed by atoms with van der Waals surface area (Å²) in [6, 6.07) is 10.5. The van der Waals surface area contributed by atoms with Crippen molar-refractivity contribution in [3.05, 3.63) is 35.9 Å². The zero-order chi connectivity index (χ0) is 10.0. The molecule has 0 aliphatic carbocycles. The van der Waals surface area contributed by atoms with Gasteiger partial charge < -0.3 is 4.74 Å². The van der Waals surface area contributed by atoms with Gasteiger partial charge >= 0.3 is 0 Å². The molecule has 0 radical (unpaired) electrons. The minimum Gasteiger partial charge on any atom is -0.355 e. The molecular formula is C12H17NO. The van der Waals surface area contributed by atoms with Crippen LogP contribution >= 0.6 is 0 Å². The lowest BCUT2D eigenvalue weighted by molar-refractivity contribution is -0.126. The summed E-state index contributed by atoms with van der Waals surface area (Å²) in [5, 5.41) is 0. The molecule has 1 heterocycles. The molecule has 76 valence electrons. The highest BCUT2D eigenvalue weighted by Gasteiger charge is 2.31. The third kappa shape index (κ3) is 1.81. The van der Waals surface area contributed by atoms with Crippen LogP contribution in [0.3, 0.4) is 0 Å². The summed E-state index contributed by atoms with van der Waals surface area (Å²) in [7, 11) is 2.09. The van der Waals surface area contributed by atoms with Gasteiger partial charge in [0, 0.05) is 6.54 Å². The maximum absolute atomic E-state index is 5.89. The smallest absolute Gasteiger partial charge is 0.0999 e. The molecule has 1 unspecified atom stereocenters. The van der Waals surface area contributed by atoms with Gasteiger partial charge in [-0.05, 0) is 26.0 Å². The molecule has 1 atom stereocenters. The average Bonchev–Trinajstić information content (AvgIpc) is 2.24. The Balaban J connectivity index is 2.17.